The molecule has 0 unspecified atom stereocenters. The minimum atomic E-state index is -3.76. The number of nitrogens with zero attached hydrogens (tertiary/aromatic N) is 1. The standard InChI is InChI=1S/C40H45N3O6S/c44-26-10-27-48-35-23-21-34(22-24-35)38-42-40(25-28-50(46,47)36-15-8-3-9-16-36,39(45)43-41-29-30-11-4-1-5-12-30)37(49-38)33-19-17-32(18-20-33)31-13-6-2-7-14-31/h2-3,6-9,13-24,30,37,41,44H,1,4-5,10-12,25-29H2,(H,43,45)/t37-,40-/m0/s1. The van der Waals surface area contributed by atoms with E-state index < -0.39 is 27.4 Å². The monoisotopic (exact) mass is 695 g/mol. The summed E-state index contributed by atoms with van der Waals surface area (Å²) in [5, 5.41) is 9.11. The van der Waals surface area contributed by atoms with Gasteiger partial charge in [0.2, 0.25) is 5.90 Å². The van der Waals surface area contributed by atoms with E-state index in [2.05, 4.69) is 10.9 Å². The van der Waals surface area contributed by atoms with Crippen LogP contribution >= 0.6 is 0 Å². The zero-order valence-corrected chi connectivity index (χ0v) is 29.0. The van der Waals surface area contributed by atoms with Gasteiger partial charge in [0.15, 0.2) is 21.5 Å². The van der Waals surface area contributed by atoms with Crippen LogP contribution in [0.3, 0.4) is 0 Å². The van der Waals surface area contributed by atoms with E-state index in [4.69, 9.17) is 19.6 Å². The molecule has 9 nitrogen and oxygen atoms in total. The van der Waals surface area contributed by atoms with Crippen molar-refractivity contribution in [2.45, 2.75) is 61.5 Å². The van der Waals surface area contributed by atoms with Crippen LogP contribution in [-0.2, 0) is 19.4 Å². The maximum absolute atomic E-state index is 14.5. The van der Waals surface area contributed by atoms with Gasteiger partial charge in [-0.15, -0.1) is 0 Å². The highest BCUT2D eigenvalue weighted by atomic mass is 32.2. The molecule has 1 amide bonds. The first-order chi connectivity index (χ1) is 24.4. The molecule has 1 aliphatic heterocycles. The Labute approximate surface area is 294 Å². The van der Waals surface area contributed by atoms with Crippen LogP contribution in [0.2, 0.25) is 0 Å². The number of rotatable bonds is 15. The van der Waals surface area contributed by atoms with Gasteiger partial charge in [-0.05, 0) is 71.8 Å². The van der Waals surface area contributed by atoms with Gasteiger partial charge in [0.05, 0.1) is 17.3 Å². The van der Waals surface area contributed by atoms with Gasteiger partial charge < -0.3 is 14.6 Å². The zero-order chi connectivity index (χ0) is 34.8. The number of hydrogen-bond acceptors (Lipinski definition) is 8. The van der Waals surface area contributed by atoms with Crippen LogP contribution in [0.1, 0.15) is 62.2 Å². The number of sulfone groups is 1. The Balaban J connectivity index is 1.36. The Morgan fingerprint density at radius 1 is 0.840 bits per heavy atom. The first kappa shape index (κ1) is 35.3. The topological polar surface area (TPSA) is 126 Å². The van der Waals surface area contributed by atoms with Gasteiger partial charge in [0.1, 0.15) is 5.75 Å². The van der Waals surface area contributed by atoms with E-state index in [0.717, 1.165) is 24.0 Å². The third-order valence-corrected chi connectivity index (χ3v) is 11.3. The highest BCUT2D eigenvalue weighted by Gasteiger charge is 2.53. The Kier molecular flexibility index (Phi) is 11.6. The zero-order valence-electron chi connectivity index (χ0n) is 28.2. The van der Waals surface area contributed by atoms with E-state index in [1.807, 2.05) is 54.6 Å². The molecule has 6 rings (SSSR count). The minimum Gasteiger partial charge on any atom is -0.494 e. The van der Waals surface area contributed by atoms with Crippen molar-refractivity contribution >= 4 is 21.6 Å². The molecular weight excluding hydrogens is 651 g/mol. The van der Waals surface area contributed by atoms with Gasteiger partial charge in [-0.25, -0.2) is 18.8 Å². The number of aliphatic imine (C=N–C) groups is 1. The first-order valence-electron chi connectivity index (χ1n) is 17.4. The Bertz CT molecular complexity index is 1830. The number of hydrazine groups is 1. The molecule has 4 aromatic rings. The van der Waals surface area contributed by atoms with Crippen molar-refractivity contribution in [2.75, 3.05) is 25.5 Å². The summed E-state index contributed by atoms with van der Waals surface area (Å²) in [5.74, 6) is 0.551. The van der Waals surface area contributed by atoms with Crippen molar-refractivity contribution in [3.8, 4) is 16.9 Å². The second-order valence-corrected chi connectivity index (χ2v) is 15.1. The molecule has 1 saturated carbocycles. The van der Waals surface area contributed by atoms with Crippen molar-refractivity contribution in [1.82, 2.24) is 10.9 Å². The highest BCUT2D eigenvalue weighted by Crippen LogP contribution is 2.43. The van der Waals surface area contributed by atoms with Gasteiger partial charge in [-0.2, -0.15) is 0 Å². The summed E-state index contributed by atoms with van der Waals surface area (Å²) in [6.45, 7) is 1.03. The van der Waals surface area contributed by atoms with Crippen molar-refractivity contribution in [3.63, 3.8) is 0 Å². The van der Waals surface area contributed by atoms with Crippen LogP contribution in [0.5, 0.6) is 5.75 Å². The molecule has 10 heteroatoms. The third-order valence-electron chi connectivity index (χ3n) is 9.52. The van der Waals surface area contributed by atoms with E-state index >= 15 is 0 Å². The lowest BCUT2D eigenvalue weighted by Gasteiger charge is -2.31. The van der Waals surface area contributed by atoms with Gasteiger partial charge in [0, 0.05) is 31.6 Å². The van der Waals surface area contributed by atoms with Crippen LogP contribution < -0.4 is 15.6 Å². The second-order valence-electron chi connectivity index (χ2n) is 13.0. The molecule has 0 aromatic heterocycles. The first-order valence-corrected chi connectivity index (χ1v) is 19.1. The summed E-state index contributed by atoms with van der Waals surface area (Å²) in [4.78, 5) is 19.7. The predicted octanol–water partition coefficient (Wildman–Crippen LogP) is 6.44. The van der Waals surface area contributed by atoms with Crippen LogP contribution in [0.15, 0.2) is 119 Å². The van der Waals surface area contributed by atoms with E-state index in [-0.39, 0.29) is 29.6 Å². The third kappa shape index (κ3) is 8.43. The van der Waals surface area contributed by atoms with Crippen molar-refractivity contribution in [3.05, 3.63) is 120 Å². The van der Waals surface area contributed by atoms with Crippen molar-refractivity contribution in [2.24, 2.45) is 10.9 Å². The fourth-order valence-electron chi connectivity index (χ4n) is 6.66. The van der Waals surface area contributed by atoms with Gasteiger partial charge in [-0.3, -0.25) is 10.2 Å². The number of nitrogens with one attached hydrogen (secondary N) is 2. The number of hydrogen-bond donors (Lipinski definition) is 3. The SMILES string of the molecule is O=C(NNCC1CCCCC1)[C@@]1(CCS(=O)(=O)c2ccccc2)N=C(c2ccc(OCCCO)cc2)O[C@H]1c1ccc(-c2ccccc2)cc1. The number of benzene rings is 4. The van der Waals surface area contributed by atoms with Crippen LogP contribution in [0, 0.1) is 5.92 Å². The van der Waals surface area contributed by atoms with E-state index in [1.54, 1.807) is 54.6 Å². The second kappa shape index (κ2) is 16.5. The molecule has 50 heavy (non-hydrogen) atoms. The summed E-state index contributed by atoms with van der Waals surface area (Å²) in [6, 6.07) is 33.3. The Morgan fingerprint density at radius 2 is 1.48 bits per heavy atom. The molecule has 0 radical (unpaired) electrons. The average Bonchev–Trinajstić information content (AvgIpc) is 3.57. The summed E-state index contributed by atoms with van der Waals surface area (Å²) in [6.07, 6.45) is 5.28. The van der Waals surface area contributed by atoms with Crippen molar-refractivity contribution in [1.29, 1.82) is 0 Å². The van der Waals surface area contributed by atoms with E-state index in [9.17, 15) is 13.2 Å². The summed E-state index contributed by atoms with van der Waals surface area (Å²) in [5.41, 5.74) is 7.86. The smallest absolute Gasteiger partial charge is 0.266 e. The van der Waals surface area contributed by atoms with Crippen molar-refractivity contribution < 1.29 is 27.8 Å². The normalized spacial score (nSPS) is 19.4. The fraction of sp³-hybridized carbons (Fsp3) is 0.350. The van der Waals surface area contributed by atoms with Gasteiger partial charge >= 0.3 is 0 Å². The number of aliphatic hydroxyl groups excluding tert-OH is 1. The average molecular weight is 696 g/mol. The molecular formula is C40H45N3O6S. The largest absolute Gasteiger partial charge is 0.494 e. The number of carbonyl (C=O) groups excluding carboxylic acids is 1. The van der Waals surface area contributed by atoms with Crippen LogP contribution in [0.4, 0.5) is 0 Å². The van der Waals surface area contributed by atoms with Crippen LogP contribution in [0.25, 0.3) is 11.1 Å². The maximum Gasteiger partial charge on any atom is 0.266 e. The Morgan fingerprint density at radius 3 is 2.16 bits per heavy atom. The lowest BCUT2D eigenvalue weighted by molar-refractivity contribution is -0.130. The molecule has 262 valence electrons. The number of ether oxygens (including phenoxy) is 2. The predicted molar refractivity (Wildman–Crippen MR) is 194 cm³/mol. The van der Waals surface area contributed by atoms with Gasteiger partial charge in [0.25, 0.3) is 5.91 Å². The minimum absolute atomic E-state index is 0.0378. The summed E-state index contributed by atoms with van der Waals surface area (Å²) < 4.78 is 39.6. The van der Waals surface area contributed by atoms with E-state index in [1.165, 1.54) is 19.3 Å². The molecule has 2 aliphatic rings. The molecule has 1 aliphatic carbocycles. The van der Waals surface area contributed by atoms with E-state index in [0.29, 0.717) is 42.4 Å². The number of aliphatic hydroxyl groups is 1. The number of amides is 1. The molecule has 4 aromatic carbocycles. The Hall–Kier alpha value is -4.51. The molecule has 2 atom stereocenters. The molecule has 1 heterocycles. The van der Waals surface area contributed by atoms with Gasteiger partial charge in [-0.1, -0.05) is 92.1 Å². The quantitative estimate of drug-likeness (QED) is 0.0966. The van der Waals surface area contributed by atoms with Crippen LogP contribution in [-0.4, -0.2) is 56.4 Å². The molecule has 3 N–H and O–H groups in total. The lowest BCUT2D eigenvalue weighted by atomic mass is 9.84. The molecule has 1 fully saturated rings. The number of carbonyl (C=O) groups is 1. The highest BCUT2D eigenvalue weighted by molar-refractivity contribution is 7.91. The summed E-state index contributed by atoms with van der Waals surface area (Å²) in [7, 11) is -3.76. The molecule has 0 bridgehead atoms. The summed E-state index contributed by atoms with van der Waals surface area (Å²) >= 11 is 0. The molecule has 0 saturated heterocycles. The molecule has 0 spiro atoms. The maximum atomic E-state index is 14.5. The lowest BCUT2D eigenvalue weighted by Crippen LogP contribution is -2.54. The fourth-order valence-corrected chi connectivity index (χ4v) is 8.05.